The largest absolute Gasteiger partial charge is 0.375 e. The smallest absolute Gasteiger partial charge is 0.311 e. The Morgan fingerprint density at radius 3 is 2.84 bits per heavy atom. The number of hydrogen-bond donors (Lipinski definition) is 1. The highest BCUT2D eigenvalue weighted by Gasteiger charge is 2.20. The van der Waals surface area contributed by atoms with Gasteiger partial charge in [0.2, 0.25) is 0 Å². The van der Waals surface area contributed by atoms with Crippen molar-refractivity contribution in [1.82, 2.24) is 9.88 Å². The highest BCUT2D eigenvalue weighted by atomic mass is 79.9. The third kappa shape index (κ3) is 3.63. The van der Waals surface area contributed by atoms with Gasteiger partial charge in [0.1, 0.15) is 11.9 Å². The molecule has 2 heterocycles. The first-order valence-corrected chi connectivity index (χ1v) is 7.14. The van der Waals surface area contributed by atoms with Crippen molar-refractivity contribution in [3.05, 3.63) is 27.0 Å². The second kappa shape index (κ2) is 6.29. The van der Waals surface area contributed by atoms with Crippen molar-refractivity contribution in [3.63, 3.8) is 0 Å². The van der Waals surface area contributed by atoms with Gasteiger partial charge in [0.05, 0.1) is 9.40 Å². The third-order valence-corrected chi connectivity index (χ3v) is 3.80. The van der Waals surface area contributed by atoms with Crippen LogP contribution in [0.2, 0.25) is 0 Å². The van der Waals surface area contributed by atoms with Crippen LogP contribution < -0.4 is 5.32 Å². The number of nitro groups is 1. The Bertz CT molecular complexity index is 463. The van der Waals surface area contributed by atoms with Gasteiger partial charge in [-0.15, -0.1) is 0 Å². The van der Waals surface area contributed by atoms with Crippen molar-refractivity contribution in [3.8, 4) is 0 Å². The normalized spacial score (nSPS) is 17.4. The molecule has 0 aliphatic carbocycles. The van der Waals surface area contributed by atoms with Crippen LogP contribution in [0.3, 0.4) is 0 Å². The molecule has 1 atom stereocenters. The Labute approximate surface area is 120 Å². The van der Waals surface area contributed by atoms with E-state index in [0.29, 0.717) is 10.2 Å². The number of likely N-dealkylation sites (tertiary alicyclic amines) is 1. The molecule has 1 unspecified atom stereocenters. The second-order valence-corrected chi connectivity index (χ2v) is 5.68. The fourth-order valence-electron chi connectivity index (χ4n) is 2.35. The quantitative estimate of drug-likeness (QED) is 0.664. The van der Waals surface area contributed by atoms with E-state index in [0.717, 1.165) is 19.6 Å². The Balaban J connectivity index is 2.06. The van der Waals surface area contributed by atoms with Crippen molar-refractivity contribution in [2.45, 2.75) is 25.8 Å². The predicted octanol–water partition coefficient (Wildman–Crippen LogP) is 2.65. The summed E-state index contributed by atoms with van der Waals surface area (Å²) < 4.78 is 0.620. The lowest BCUT2D eigenvalue weighted by atomic mass is 10.2. The van der Waals surface area contributed by atoms with E-state index in [2.05, 4.69) is 31.1 Å². The van der Waals surface area contributed by atoms with Gasteiger partial charge in [-0.1, -0.05) is 0 Å². The number of nitrogens with one attached hydrogen (secondary N) is 1. The molecular formula is C12H17BrN4O2. The highest BCUT2D eigenvalue weighted by molar-refractivity contribution is 9.10. The molecule has 1 aromatic heterocycles. The van der Waals surface area contributed by atoms with Crippen LogP contribution in [0.25, 0.3) is 0 Å². The number of pyridine rings is 1. The summed E-state index contributed by atoms with van der Waals surface area (Å²) in [6.07, 6.45) is 5.32. The van der Waals surface area contributed by atoms with Gasteiger partial charge in [-0.2, -0.15) is 0 Å². The monoisotopic (exact) mass is 328 g/mol. The summed E-state index contributed by atoms with van der Waals surface area (Å²) >= 11 is 3.31. The van der Waals surface area contributed by atoms with Crippen LogP contribution in [0, 0.1) is 10.1 Å². The summed E-state index contributed by atoms with van der Waals surface area (Å²) in [5.41, 5.74) is 0.509. The summed E-state index contributed by atoms with van der Waals surface area (Å²) in [5, 5.41) is 14.2. The Kier molecular flexibility index (Phi) is 4.71. The number of halogens is 1. The van der Waals surface area contributed by atoms with Crippen LogP contribution in [0.15, 0.2) is 16.9 Å². The summed E-state index contributed by atoms with van der Waals surface area (Å²) in [5.74, 6) is 0. The van der Waals surface area contributed by atoms with Gasteiger partial charge >= 0.3 is 5.69 Å². The van der Waals surface area contributed by atoms with E-state index in [-0.39, 0.29) is 11.7 Å². The van der Waals surface area contributed by atoms with Gasteiger partial charge in [0.25, 0.3) is 0 Å². The number of rotatable bonds is 5. The van der Waals surface area contributed by atoms with E-state index in [1.54, 1.807) is 6.20 Å². The molecule has 1 aliphatic heterocycles. The molecule has 2 rings (SSSR count). The van der Waals surface area contributed by atoms with E-state index in [9.17, 15) is 10.1 Å². The van der Waals surface area contributed by atoms with Crippen LogP contribution in [-0.2, 0) is 0 Å². The molecule has 1 N–H and O–H groups in total. The third-order valence-electron chi connectivity index (χ3n) is 3.20. The molecule has 1 fully saturated rings. The maximum atomic E-state index is 11.0. The molecule has 0 amide bonds. The van der Waals surface area contributed by atoms with Crippen LogP contribution in [0.1, 0.15) is 19.8 Å². The van der Waals surface area contributed by atoms with Crippen LogP contribution in [-0.4, -0.2) is 40.5 Å². The van der Waals surface area contributed by atoms with Crippen molar-refractivity contribution < 1.29 is 4.92 Å². The topological polar surface area (TPSA) is 71.3 Å². The molecule has 0 bridgehead atoms. The summed E-state index contributed by atoms with van der Waals surface area (Å²) in [6, 6.07) is 0.149. The van der Waals surface area contributed by atoms with Crippen molar-refractivity contribution >= 4 is 27.3 Å². The lowest BCUT2D eigenvalue weighted by Gasteiger charge is -2.22. The second-order valence-electron chi connectivity index (χ2n) is 4.83. The first kappa shape index (κ1) is 14.2. The van der Waals surface area contributed by atoms with Gasteiger partial charge in [-0.3, -0.25) is 15.1 Å². The molecule has 7 heteroatoms. The lowest BCUT2D eigenvalue weighted by Crippen LogP contribution is -2.33. The highest BCUT2D eigenvalue weighted by Crippen LogP contribution is 2.31. The Morgan fingerprint density at radius 1 is 1.53 bits per heavy atom. The standard InChI is InChI=1S/C12H17BrN4O2/c1-9(8-16-4-2-3-5-16)15-12-10(13)6-14-7-11(12)17(18)19/h6-7,9H,2-5,8H2,1H3,(H,14,15). The molecule has 0 radical (unpaired) electrons. The zero-order valence-corrected chi connectivity index (χ0v) is 12.4. The minimum absolute atomic E-state index is 0.00245. The number of anilines is 1. The molecule has 0 spiro atoms. The first-order valence-electron chi connectivity index (χ1n) is 6.34. The molecular weight excluding hydrogens is 312 g/mol. The van der Waals surface area contributed by atoms with Crippen LogP contribution >= 0.6 is 15.9 Å². The van der Waals surface area contributed by atoms with Gasteiger partial charge in [0.15, 0.2) is 0 Å². The first-order chi connectivity index (χ1) is 9.08. The number of aromatic nitrogens is 1. The van der Waals surface area contributed by atoms with E-state index < -0.39 is 4.92 Å². The van der Waals surface area contributed by atoms with Gasteiger partial charge in [0, 0.05) is 18.8 Å². The fraction of sp³-hybridized carbons (Fsp3) is 0.583. The average Bonchev–Trinajstić information content (AvgIpc) is 2.84. The summed E-state index contributed by atoms with van der Waals surface area (Å²) in [6.45, 7) is 5.16. The molecule has 19 heavy (non-hydrogen) atoms. The predicted molar refractivity (Wildman–Crippen MR) is 77.4 cm³/mol. The van der Waals surface area contributed by atoms with Crippen LogP contribution in [0.5, 0.6) is 0 Å². The fourth-order valence-corrected chi connectivity index (χ4v) is 2.79. The molecule has 1 aromatic rings. The summed E-state index contributed by atoms with van der Waals surface area (Å²) in [7, 11) is 0. The maximum Gasteiger partial charge on any atom is 0.311 e. The minimum Gasteiger partial charge on any atom is -0.375 e. The number of nitrogens with zero attached hydrogens (tertiary/aromatic N) is 3. The van der Waals surface area contributed by atoms with Gasteiger partial charge in [-0.05, 0) is 48.8 Å². The van der Waals surface area contributed by atoms with E-state index in [1.807, 2.05) is 6.92 Å². The molecule has 6 nitrogen and oxygen atoms in total. The Morgan fingerprint density at radius 2 is 2.21 bits per heavy atom. The molecule has 0 aromatic carbocycles. The zero-order valence-electron chi connectivity index (χ0n) is 10.8. The van der Waals surface area contributed by atoms with E-state index in [4.69, 9.17) is 0 Å². The molecule has 104 valence electrons. The maximum absolute atomic E-state index is 11.0. The molecule has 1 aliphatic rings. The van der Waals surface area contributed by atoms with Crippen molar-refractivity contribution in [1.29, 1.82) is 0 Å². The SMILES string of the molecule is CC(CN1CCCC1)Nc1c(Br)cncc1[N+](=O)[O-]. The average molecular weight is 329 g/mol. The molecule has 0 saturated carbocycles. The minimum atomic E-state index is -0.414. The lowest BCUT2D eigenvalue weighted by molar-refractivity contribution is -0.384. The van der Waals surface area contributed by atoms with E-state index >= 15 is 0 Å². The van der Waals surface area contributed by atoms with Gasteiger partial charge in [-0.25, -0.2) is 0 Å². The number of hydrogen-bond acceptors (Lipinski definition) is 5. The van der Waals surface area contributed by atoms with Gasteiger partial charge < -0.3 is 10.2 Å². The van der Waals surface area contributed by atoms with Crippen molar-refractivity contribution in [2.24, 2.45) is 0 Å². The van der Waals surface area contributed by atoms with E-state index in [1.165, 1.54) is 19.0 Å². The van der Waals surface area contributed by atoms with Crippen molar-refractivity contribution in [2.75, 3.05) is 25.0 Å². The van der Waals surface area contributed by atoms with Crippen LogP contribution in [0.4, 0.5) is 11.4 Å². The Hall–Kier alpha value is -1.21. The zero-order chi connectivity index (χ0) is 13.8. The summed E-state index contributed by atoms with van der Waals surface area (Å²) in [4.78, 5) is 16.8. The molecule has 1 saturated heterocycles.